The smallest absolute Gasteiger partial charge is 0.267 e. The average Bonchev–Trinajstić information content (AvgIpc) is 2.92. The van der Waals surface area contributed by atoms with E-state index in [9.17, 15) is 4.79 Å². The summed E-state index contributed by atoms with van der Waals surface area (Å²) in [6.45, 7) is 0.463. The van der Waals surface area contributed by atoms with Crippen molar-refractivity contribution in [1.29, 1.82) is 0 Å². The lowest BCUT2D eigenvalue weighted by Gasteiger charge is -2.05. The van der Waals surface area contributed by atoms with Crippen molar-refractivity contribution in [1.82, 2.24) is 10.3 Å². The van der Waals surface area contributed by atoms with E-state index in [1.807, 2.05) is 42.5 Å². The minimum absolute atomic E-state index is 0.152. The molecule has 0 saturated carbocycles. The van der Waals surface area contributed by atoms with Gasteiger partial charge in [-0.15, -0.1) is 0 Å². The molecule has 1 amide bonds. The summed E-state index contributed by atoms with van der Waals surface area (Å²) in [7, 11) is 0. The first-order valence-corrected chi connectivity index (χ1v) is 7.33. The number of hydrogen-bond donors (Lipinski definition) is 3. The molecular formula is C16H14BrN3O. The minimum Gasteiger partial charge on any atom is -0.397 e. The number of halogens is 1. The molecule has 0 bridgehead atoms. The Balaban J connectivity index is 1.78. The van der Waals surface area contributed by atoms with E-state index in [-0.39, 0.29) is 5.91 Å². The van der Waals surface area contributed by atoms with Crippen molar-refractivity contribution in [3.05, 3.63) is 64.3 Å². The third kappa shape index (κ3) is 2.78. The normalized spacial score (nSPS) is 10.7. The van der Waals surface area contributed by atoms with Crippen LogP contribution in [0, 0.1) is 0 Å². The van der Waals surface area contributed by atoms with Crippen LogP contribution in [0.3, 0.4) is 0 Å². The SMILES string of the molecule is Nc1cccc2cc(C(=O)NCc3ccccc3Br)[nH]c12. The van der Waals surface area contributed by atoms with Crippen LogP contribution in [0.15, 0.2) is 53.0 Å². The van der Waals surface area contributed by atoms with E-state index in [4.69, 9.17) is 5.73 Å². The maximum absolute atomic E-state index is 12.2. The summed E-state index contributed by atoms with van der Waals surface area (Å²) < 4.78 is 0.978. The van der Waals surface area contributed by atoms with Crippen LogP contribution in [0.4, 0.5) is 5.69 Å². The van der Waals surface area contributed by atoms with E-state index in [1.165, 1.54) is 0 Å². The van der Waals surface area contributed by atoms with Crippen LogP contribution in [0.25, 0.3) is 10.9 Å². The number of anilines is 1. The summed E-state index contributed by atoms with van der Waals surface area (Å²) in [5.41, 5.74) is 8.86. The molecule has 21 heavy (non-hydrogen) atoms. The Morgan fingerprint density at radius 2 is 2.00 bits per heavy atom. The monoisotopic (exact) mass is 343 g/mol. The number of aromatic amines is 1. The van der Waals surface area contributed by atoms with E-state index >= 15 is 0 Å². The van der Waals surface area contributed by atoms with Crippen LogP contribution in [0.1, 0.15) is 16.1 Å². The fourth-order valence-corrected chi connectivity index (χ4v) is 2.64. The van der Waals surface area contributed by atoms with Crippen LogP contribution in [0.5, 0.6) is 0 Å². The van der Waals surface area contributed by atoms with E-state index < -0.39 is 0 Å². The van der Waals surface area contributed by atoms with Crippen LogP contribution in [-0.2, 0) is 6.54 Å². The summed E-state index contributed by atoms with van der Waals surface area (Å²) in [4.78, 5) is 15.3. The quantitative estimate of drug-likeness (QED) is 0.637. The van der Waals surface area contributed by atoms with Gasteiger partial charge in [-0.05, 0) is 23.8 Å². The molecule has 1 heterocycles. The van der Waals surface area contributed by atoms with Crippen LogP contribution in [0.2, 0.25) is 0 Å². The maximum Gasteiger partial charge on any atom is 0.267 e. The predicted molar refractivity (Wildman–Crippen MR) is 88.0 cm³/mol. The van der Waals surface area contributed by atoms with Gasteiger partial charge in [0.05, 0.1) is 11.2 Å². The number of carbonyl (C=O) groups excluding carboxylic acids is 1. The van der Waals surface area contributed by atoms with Crippen molar-refractivity contribution >= 4 is 38.4 Å². The third-order valence-electron chi connectivity index (χ3n) is 3.33. The van der Waals surface area contributed by atoms with Crippen molar-refractivity contribution in [2.45, 2.75) is 6.54 Å². The maximum atomic E-state index is 12.2. The molecule has 0 aliphatic heterocycles. The number of nitrogens with two attached hydrogens (primary N) is 1. The standard InChI is InChI=1S/C16H14BrN3O/c17-12-6-2-1-4-11(12)9-19-16(21)14-8-10-5-3-7-13(18)15(10)20-14/h1-8,20H,9,18H2,(H,19,21). The third-order valence-corrected chi connectivity index (χ3v) is 4.10. The minimum atomic E-state index is -0.152. The van der Waals surface area contributed by atoms with Gasteiger partial charge in [-0.1, -0.05) is 46.3 Å². The Morgan fingerprint density at radius 1 is 1.19 bits per heavy atom. The average molecular weight is 344 g/mol. The van der Waals surface area contributed by atoms with E-state index in [1.54, 1.807) is 6.07 Å². The summed E-state index contributed by atoms with van der Waals surface area (Å²) in [6.07, 6.45) is 0. The Bertz CT molecular complexity index is 810. The molecule has 4 nitrogen and oxygen atoms in total. The molecule has 0 aliphatic rings. The van der Waals surface area contributed by atoms with Gasteiger partial charge in [-0.2, -0.15) is 0 Å². The van der Waals surface area contributed by atoms with Gasteiger partial charge in [0.15, 0.2) is 0 Å². The fourth-order valence-electron chi connectivity index (χ4n) is 2.21. The second-order valence-corrected chi connectivity index (χ2v) is 5.62. The molecule has 0 atom stereocenters. The van der Waals surface area contributed by atoms with Gasteiger partial charge in [-0.3, -0.25) is 4.79 Å². The molecule has 4 N–H and O–H groups in total. The van der Waals surface area contributed by atoms with Gasteiger partial charge in [0.1, 0.15) is 5.69 Å². The Labute approximate surface area is 130 Å². The zero-order valence-corrected chi connectivity index (χ0v) is 12.8. The summed E-state index contributed by atoms with van der Waals surface area (Å²) in [6, 6.07) is 15.2. The number of aromatic nitrogens is 1. The number of rotatable bonds is 3. The molecular weight excluding hydrogens is 330 g/mol. The molecule has 106 valence electrons. The molecule has 3 aromatic rings. The number of hydrogen-bond acceptors (Lipinski definition) is 2. The lowest BCUT2D eigenvalue weighted by atomic mass is 10.2. The number of para-hydroxylation sites is 1. The number of benzene rings is 2. The highest BCUT2D eigenvalue weighted by atomic mass is 79.9. The zero-order chi connectivity index (χ0) is 14.8. The van der Waals surface area contributed by atoms with E-state index in [2.05, 4.69) is 26.2 Å². The van der Waals surface area contributed by atoms with Crippen molar-refractivity contribution in [3.8, 4) is 0 Å². The molecule has 3 rings (SSSR count). The molecule has 0 spiro atoms. The van der Waals surface area contributed by atoms with Gasteiger partial charge in [0.2, 0.25) is 0 Å². The molecule has 2 aromatic carbocycles. The van der Waals surface area contributed by atoms with Crippen molar-refractivity contribution < 1.29 is 4.79 Å². The second-order valence-electron chi connectivity index (χ2n) is 4.77. The fraction of sp³-hybridized carbons (Fsp3) is 0.0625. The molecule has 0 saturated heterocycles. The Kier molecular flexibility index (Phi) is 3.66. The highest BCUT2D eigenvalue weighted by Gasteiger charge is 2.10. The van der Waals surface area contributed by atoms with Crippen LogP contribution < -0.4 is 11.1 Å². The largest absolute Gasteiger partial charge is 0.397 e. The summed E-state index contributed by atoms with van der Waals surface area (Å²) in [5.74, 6) is -0.152. The van der Waals surface area contributed by atoms with Crippen molar-refractivity contribution in [3.63, 3.8) is 0 Å². The molecule has 0 aliphatic carbocycles. The van der Waals surface area contributed by atoms with Crippen molar-refractivity contribution in [2.75, 3.05) is 5.73 Å². The second kappa shape index (κ2) is 5.61. The van der Waals surface area contributed by atoms with Crippen LogP contribution >= 0.6 is 15.9 Å². The number of nitrogen functional groups attached to an aromatic ring is 1. The highest BCUT2D eigenvalue weighted by molar-refractivity contribution is 9.10. The Hall–Kier alpha value is -2.27. The molecule has 0 unspecified atom stereocenters. The molecule has 5 heteroatoms. The number of H-pyrrole nitrogens is 1. The number of amides is 1. The van der Waals surface area contributed by atoms with Gasteiger partial charge in [0, 0.05) is 16.4 Å². The van der Waals surface area contributed by atoms with Gasteiger partial charge in [-0.25, -0.2) is 0 Å². The van der Waals surface area contributed by atoms with Gasteiger partial charge >= 0.3 is 0 Å². The first-order valence-electron chi connectivity index (χ1n) is 6.54. The first kappa shape index (κ1) is 13.7. The summed E-state index contributed by atoms with van der Waals surface area (Å²) in [5, 5.41) is 3.83. The number of nitrogens with one attached hydrogen (secondary N) is 2. The molecule has 1 aromatic heterocycles. The topological polar surface area (TPSA) is 70.9 Å². The highest BCUT2D eigenvalue weighted by Crippen LogP contribution is 2.21. The van der Waals surface area contributed by atoms with Gasteiger partial charge < -0.3 is 16.0 Å². The first-order chi connectivity index (χ1) is 10.1. The lowest BCUT2D eigenvalue weighted by molar-refractivity contribution is 0.0946. The van der Waals surface area contributed by atoms with E-state index in [0.29, 0.717) is 17.9 Å². The van der Waals surface area contributed by atoms with Crippen LogP contribution in [-0.4, -0.2) is 10.9 Å². The lowest BCUT2D eigenvalue weighted by Crippen LogP contribution is -2.23. The Morgan fingerprint density at radius 3 is 2.76 bits per heavy atom. The number of carbonyl (C=O) groups is 1. The summed E-state index contributed by atoms with van der Waals surface area (Å²) >= 11 is 3.46. The van der Waals surface area contributed by atoms with E-state index in [0.717, 1.165) is 20.9 Å². The number of fused-ring (bicyclic) bond motifs is 1. The van der Waals surface area contributed by atoms with Gasteiger partial charge in [0.25, 0.3) is 5.91 Å². The zero-order valence-electron chi connectivity index (χ0n) is 11.2. The molecule has 0 fully saturated rings. The molecule has 0 radical (unpaired) electrons. The van der Waals surface area contributed by atoms with Crippen molar-refractivity contribution in [2.24, 2.45) is 0 Å². The predicted octanol–water partition coefficient (Wildman–Crippen LogP) is 3.44.